The summed E-state index contributed by atoms with van der Waals surface area (Å²) in [6, 6.07) is 0. The van der Waals surface area contributed by atoms with Gasteiger partial charge in [-0.1, -0.05) is 202 Å². The Bertz CT molecular complexity index is 781. The molecule has 0 amide bonds. The van der Waals surface area contributed by atoms with Crippen molar-refractivity contribution in [3.05, 3.63) is 0 Å². The van der Waals surface area contributed by atoms with Gasteiger partial charge in [0.1, 0.15) is 13.2 Å². The van der Waals surface area contributed by atoms with Gasteiger partial charge in [-0.25, -0.2) is 0 Å². The monoisotopic (exact) mass is 723 g/mol. The van der Waals surface area contributed by atoms with Gasteiger partial charge in [0.05, 0.1) is 0 Å². The topological polar surface area (TPSA) is 78.9 Å². The van der Waals surface area contributed by atoms with Gasteiger partial charge < -0.3 is 14.2 Å². The Hall–Kier alpha value is -1.59. The number of ether oxygens (including phenoxy) is 3. The normalized spacial score (nSPS) is 12.6. The number of esters is 3. The predicted molar refractivity (Wildman–Crippen MR) is 215 cm³/mol. The van der Waals surface area contributed by atoms with E-state index < -0.39 is 6.10 Å². The average Bonchev–Trinajstić information content (AvgIpc) is 3.11. The van der Waals surface area contributed by atoms with Crippen LogP contribution in [0.25, 0.3) is 0 Å². The van der Waals surface area contributed by atoms with Crippen molar-refractivity contribution >= 4 is 17.9 Å². The molecule has 0 radical (unpaired) electrons. The van der Waals surface area contributed by atoms with Crippen LogP contribution in [0.2, 0.25) is 0 Å². The highest BCUT2D eigenvalue weighted by molar-refractivity contribution is 5.71. The zero-order valence-electron chi connectivity index (χ0n) is 34.7. The Morgan fingerprint density at radius 3 is 1.12 bits per heavy atom. The van der Waals surface area contributed by atoms with Gasteiger partial charge in [0.2, 0.25) is 0 Å². The zero-order valence-corrected chi connectivity index (χ0v) is 34.7. The molecule has 6 nitrogen and oxygen atoms in total. The van der Waals surface area contributed by atoms with Crippen LogP contribution >= 0.6 is 0 Å². The van der Waals surface area contributed by atoms with E-state index in [4.69, 9.17) is 14.2 Å². The quantitative estimate of drug-likeness (QED) is 0.0357. The number of rotatable bonds is 39. The highest BCUT2D eigenvalue weighted by Gasteiger charge is 2.19. The van der Waals surface area contributed by atoms with Crippen molar-refractivity contribution in [2.75, 3.05) is 13.2 Å². The number of hydrogen-bond acceptors (Lipinski definition) is 6. The van der Waals surface area contributed by atoms with Crippen molar-refractivity contribution in [2.24, 2.45) is 11.8 Å². The maximum Gasteiger partial charge on any atom is 0.306 e. The van der Waals surface area contributed by atoms with Crippen molar-refractivity contribution in [3.63, 3.8) is 0 Å². The SMILES string of the molecule is CCCCCCCCCCCCCC(=O)OC[C@@H](COC(=O)CCCCCCCCC(C)CC)OC(=O)CCCCCCCCCCCC(C)C. The minimum Gasteiger partial charge on any atom is -0.462 e. The molecule has 302 valence electrons. The molecule has 1 unspecified atom stereocenters. The fourth-order valence-electron chi connectivity index (χ4n) is 6.54. The largest absolute Gasteiger partial charge is 0.462 e. The van der Waals surface area contributed by atoms with E-state index in [0.717, 1.165) is 69.6 Å². The van der Waals surface area contributed by atoms with Crippen LogP contribution < -0.4 is 0 Å². The number of unbranched alkanes of at least 4 members (excludes halogenated alkanes) is 23. The first-order valence-electron chi connectivity index (χ1n) is 22.3. The molecule has 6 heteroatoms. The van der Waals surface area contributed by atoms with Gasteiger partial charge in [0.25, 0.3) is 0 Å². The summed E-state index contributed by atoms with van der Waals surface area (Å²) in [4.78, 5) is 37.6. The molecule has 0 saturated heterocycles. The summed E-state index contributed by atoms with van der Waals surface area (Å²) in [5.41, 5.74) is 0. The van der Waals surface area contributed by atoms with Crippen LogP contribution in [-0.4, -0.2) is 37.2 Å². The van der Waals surface area contributed by atoms with E-state index in [-0.39, 0.29) is 31.1 Å². The van der Waals surface area contributed by atoms with E-state index >= 15 is 0 Å². The van der Waals surface area contributed by atoms with E-state index in [1.165, 1.54) is 128 Å². The van der Waals surface area contributed by atoms with Gasteiger partial charge >= 0.3 is 17.9 Å². The minimum absolute atomic E-state index is 0.0658. The second kappa shape index (κ2) is 38.1. The summed E-state index contributed by atoms with van der Waals surface area (Å²) in [6.07, 6.45) is 35.2. The molecule has 0 aliphatic rings. The number of carbonyl (C=O) groups is 3. The number of carbonyl (C=O) groups excluding carboxylic acids is 3. The lowest BCUT2D eigenvalue weighted by atomic mass is 10.00. The molecule has 0 aliphatic carbocycles. The maximum atomic E-state index is 12.7. The molecule has 0 heterocycles. The zero-order chi connectivity index (χ0) is 37.6. The molecule has 0 fully saturated rings. The van der Waals surface area contributed by atoms with Crippen LogP contribution in [0.3, 0.4) is 0 Å². The Morgan fingerprint density at radius 1 is 0.412 bits per heavy atom. The van der Waals surface area contributed by atoms with Gasteiger partial charge in [0, 0.05) is 19.3 Å². The molecule has 0 rings (SSSR count). The Labute approximate surface area is 317 Å². The molecule has 0 aromatic heterocycles. The van der Waals surface area contributed by atoms with Gasteiger partial charge in [-0.2, -0.15) is 0 Å². The predicted octanol–water partition coefficient (Wildman–Crippen LogP) is 13.8. The summed E-state index contributed by atoms with van der Waals surface area (Å²) in [7, 11) is 0. The Kier molecular flexibility index (Phi) is 37.0. The van der Waals surface area contributed by atoms with Crippen LogP contribution in [0.5, 0.6) is 0 Å². The third-order valence-electron chi connectivity index (χ3n) is 10.3. The van der Waals surface area contributed by atoms with E-state index in [1.54, 1.807) is 0 Å². The van der Waals surface area contributed by atoms with E-state index in [9.17, 15) is 14.4 Å². The lowest BCUT2D eigenvalue weighted by Crippen LogP contribution is -2.30. The van der Waals surface area contributed by atoms with Crippen LogP contribution in [0, 0.1) is 11.8 Å². The van der Waals surface area contributed by atoms with Crippen molar-refractivity contribution in [1.29, 1.82) is 0 Å². The summed E-state index contributed by atoms with van der Waals surface area (Å²) in [5.74, 6) is 0.757. The molecule has 0 saturated carbocycles. The van der Waals surface area contributed by atoms with Crippen LogP contribution in [-0.2, 0) is 28.6 Å². The molecule has 0 N–H and O–H groups in total. The average molecular weight is 723 g/mol. The lowest BCUT2D eigenvalue weighted by molar-refractivity contribution is -0.167. The van der Waals surface area contributed by atoms with Gasteiger partial charge in [0.15, 0.2) is 6.10 Å². The molecular formula is C45H86O6. The van der Waals surface area contributed by atoms with Gasteiger partial charge in [-0.3, -0.25) is 14.4 Å². The summed E-state index contributed by atoms with van der Waals surface area (Å²) in [6.45, 7) is 11.3. The number of hydrogen-bond donors (Lipinski definition) is 0. The molecule has 0 aromatic rings. The Morgan fingerprint density at radius 2 is 0.745 bits per heavy atom. The highest BCUT2D eigenvalue weighted by atomic mass is 16.6. The molecule has 2 atom stereocenters. The summed E-state index contributed by atoms with van der Waals surface area (Å²) < 4.78 is 16.7. The lowest BCUT2D eigenvalue weighted by Gasteiger charge is -2.18. The van der Waals surface area contributed by atoms with E-state index in [1.807, 2.05) is 0 Å². The second-order valence-electron chi connectivity index (χ2n) is 16.1. The molecule has 51 heavy (non-hydrogen) atoms. The third kappa shape index (κ3) is 38.0. The Balaban J connectivity index is 4.36. The maximum absolute atomic E-state index is 12.7. The van der Waals surface area contributed by atoms with Crippen molar-refractivity contribution in [1.82, 2.24) is 0 Å². The van der Waals surface area contributed by atoms with Gasteiger partial charge in [-0.15, -0.1) is 0 Å². The molecular weight excluding hydrogens is 636 g/mol. The van der Waals surface area contributed by atoms with Crippen LogP contribution in [0.15, 0.2) is 0 Å². The van der Waals surface area contributed by atoms with Gasteiger partial charge in [-0.05, 0) is 31.1 Å². The summed E-state index contributed by atoms with van der Waals surface area (Å²) in [5, 5.41) is 0. The van der Waals surface area contributed by atoms with Crippen molar-refractivity contribution < 1.29 is 28.6 Å². The molecule has 0 aromatic carbocycles. The first-order valence-corrected chi connectivity index (χ1v) is 22.3. The van der Waals surface area contributed by atoms with Crippen molar-refractivity contribution in [2.45, 2.75) is 246 Å². The van der Waals surface area contributed by atoms with Crippen molar-refractivity contribution in [3.8, 4) is 0 Å². The second-order valence-corrected chi connectivity index (χ2v) is 16.1. The van der Waals surface area contributed by atoms with E-state index in [0.29, 0.717) is 19.3 Å². The fourth-order valence-corrected chi connectivity index (χ4v) is 6.54. The first-order chi connectivity index (χ1) is 24.8. The van der Waals surface area contributed by atoms with Crippen LogP contribution in [0.4, 0.5) is 0 Å². The fraction of sp³-hybridized carbons (Fsp3) is 0.933. The molecule has 0 bridgehead atoms. The third-order valence-corrected chi connectivity index (χ3v) is 10.3. The first kappa shape index (κ1) is 49.4. The van der Waals surface area contributed by atoms with E-state index in [2.05, 4.69) is 34.6 Å². The molecule has 0 aliphatic heterocycles. The van der Waals surface area contributed by atoms with Crippen LogP contribution in [0.1, 0.15) is 240 Å². The minimum atomic E-state index is -0.760. The summed E-state index contributed by atoms with van der Waals surface area (Å²) >= 11 is 0. The smallest absolute Gasteiger partial charge is 0.306 e. The standard InChI is InChI=1S/C45H86O6/c1-6-8-9-10-11-12-13-16-19-25-30-35-43(46)49-38-42(39-50-44(47)36-31-26-22-21-24-29-34-41(5)7-2)51-45(48)37-32-27-20-17-14-15-18-23-28-33-40(3)4/h40-42H,6-39H2,1-5H3/t41?,42-/m0/s1. The molecule has 0 spiro atoms. The highest BCUT2D eigenvalue weighted by Crippen LogP contribution is 2.17.